The number of ketones is 1. The third-order valence-electron chi connectivity index (χ3n) is 9.60. The first kappa shape index (κ1) is 52.1. The summed E-state index contributed by atoms with van der Waals surface area (Å²) in [6, 6.07) is 0. The van der Waals surface area contributed by atoms with Gasteiger partial charge in [0, 0.05) is 31.1 Å². The van der Waals surface area contributed by atoms with Crippen molar-refractivity contribution < 1.29 is 52.9 Å². The number of Topliss-reactive ketones (excluding diaryl/α,β-unsaturated/α-hetero) is 1. The lowest BCUT2D eigenvalue weighted by Gasteiger charge is -2.18. The Morgan fingerprint density at radius 2 is 1.33 bits per heavy atom. The van der Waals surface area contributed by atoms with E-state index in [4.69, 9.17) is 19.3 Å². The lowest BCUT2D eigenvalue weighted by atomic mass is 9.88. The summed E-state index contributed by atoms with van der Waals surface area (Å²) < 4.78 is 26.4. The molecule has 57 heavy (non-hydrogen) atoms. The van der Waals surface area contributed by atoms with E-state index >= 15 is 0 Å². The highest BCUT2D eigenvalue weighted by Crippen LogP contribution is 2.36. The second-order valence-corrected chi connectivity index (χ2v) is 16.0. The van der Waals surface area contributed by atoms with Gasteiger partial charge < -0.3 is 29.5 Å². The van der Waals surface area contributed by atoms with Crippen LogP contribution in [0.15, 0.2) is 72.9 Å². The molecule has 0 heterocycles. The molecule has 1 aliphatic rings. The molecule has 11 nitrogen and oxygen atoms in total. The van der Waals surface area contributed by atoms with E-state index in [2.05, 4.69) is 79.1 Å². The third kappa shape index (κ3) is 29.9. The Morgan fingerprint density at radius 3 is 1.95 bits per heavy atom. The molecule has 1 saturated carbocycles. The SMILES string of the molecule is CC/C=C\C/C=C\C/C=C\C/C=C\C/C=C\CCCCCC(=O)O[C@H](COC(=O)CCCCCC[C@H]1C(=O)C[C@@H](O)[C@@H]1/C=C/[C@@H](O)CCCCC)COP(=O)(O)O. The summed E-state index contributed by atoms with van der Waals surface area (Å²) in [5.41, 5.74) is 0. The first-order valence-electron chi connectivity index (χ1n) is 21.3. The number of allylic oxidation sites excluding steroid dienone is 10. The van der Waals surface area contributed by atoms with Crippen molar-refractivity contribution in [1.82, 2.24) is 0 Å². The van der Waals surface area contributed by atoms with Crippen molar-refractivity contribution in [2.24, 2.45) is 11.8 Å². The van der Waals surface area contributed by atoms with Crippen molar-refractivity contribution in [3.05, 3.63) is 72.9 Å². The standard InChI is InChI=1S/C45H73O11P/c1-3-5-7-8-9-10-11-12-13-14-15-16-17-18-19-20-21-22-28-32-45(50)56-39(37-55-57(51,52)53)36-54-44(49)31-27-24-23-26-30-40-41(43(48)35-42(40)47)34-33-38(46)29-25-6-4-2/h5,7,9-10,12-13,15-16,18-19,33-34,38-41,43,46,48H,3-4,6,8,11,14,17,20-32,35-37H2,1-2H3,(H2,51,52,53)/b7-5-,10-9-,13-12-,16-15-,19-18-,34-33+/t38-,39+,40+,41+,43+/m0/s1. The van der Waals surface area contributed by atoms with Crippen molar-refractivity contribution in [2.75, 3.05) is 13.2 Å². The summed E-state index contributed by atoms with van der Waals surface area (Å²) in [6.45, 7) is 3.23. The molecule has 1 fully saturated rings. The molecule has 1 aliphatic carbocycles. The van der Waals surface area contributed by atoms with E-state index < -0.39 is 44.7 Å². The molecule has 0 aliphatic heterocycles. The minimum absolute atomic E-state index is 0.0384. The van der Waals surface area contributed by atoms with Crippen molar-refractivity contribution in [3.63, 3.8) is 0 Å². The minimum atomic E-state index is -4.83. The van der Waals surface area contributed by atoms with Crippen LogP contribution in [0.1, 0.15) is 149 Å². The number of carbonyl (C=O) groups is 3. The molecule has 0 saturated heterocycles. The van der Waals surface area contributed by atoms with Gasteiger partial charge >= 0.3 is 19.8 Å². The zero-order chi connectivity index (χ0) is 42.0. The van der Waals surface area contributed by atoms with Gasteiger partial charge in [-0.3, -0.25) is 18.9 Å². The minimum Gasteiger partial charge on any atom is -0.462 e. The van der Waals surface area contributed by atoms with Gasteiger partial charge in [-0.25, -0.2) is 4.57 Å². The van der Waals surface area contributed by atoms with E-state index in [0.29, 0.717) is 25.7 Å². The Labute approximate surface area is 342 Å². The molecular formula is C45H73O11P. The first-order valence-corrected chi connectivity index (χ1v) is 22.9. The molecule has 4 N–H and O–H groups in total. The van der Waals surface area contributed by atoms with E-state index in [-0.39, 0.29) is 43.5 Å². The van der Waals surface area contributed by atoms with Gasteiger partial charge in [-0.05, 0) is 70.6 Å². The molecule has 0 amide bonds. The molecule has 12 heteroatoms. The summed E-state index contributed by atoms with van der Waals surface area (Å²) in [5.74, 6) is -1.64. The van der Waals surface area contributed by atoms with Crippen LogP contribution in [0.4, 0.5) is 0 Å². The number of phosphoric ester groups is 1. The Kier molecular flexibility index (Phi) is 31.1. The molecule has 0 spiro atoms. The van der Waals surface area contributed by atoms with Crippen LogP contribution in [0.25, 0.3) is 0 Å². The largest absolute Gasteiger partial charge is 0.469 e. The van der Waals surface area contributed by atoms with Crippen molar-refractivity contribution >= 4 is 25.5 Å². The smallest absolute Gasteiger partial charge is 0.462 e. The van der Waals surface area contributed by atoms with E-state index in [1.165, 1.54) is 0 Å². The van der Waals surface area contributed by atoms with Gasteiger partial charge in [-0.1, -0.05) is 132 Å². The van der Waals surface area contributed by atoms with Crippen LogP contribution in [0.3, 0.4) is 0 Å². The van der Waals surface area contributed by atoms with Crippen LogP contribution in [-0.2, 0) is 32.9 Å². The van der Waals surface area contributed by atoms with Crippen LogP contribution in [0.2, 0.25) is 0 Å². The fourth-order valence-electron chi connectivity index (χ4n) is 6.41. The van der Waals surface area contributed by atoms with Gasteiger partial charge in [-0.2, -0.15) is 0 Å². The summed E-state index contributed by atoms with van der Waals surface area (Å²) in [7, 11) is -4.83. The van der Waals surface area contributed by atoms with E-state index in [1.807, 2.05) is 0 Å². The van der Waals surface area contributed by atoms with Gasteiger partial charge in [0.25, 0.3) is 0 Å². The van der Waals surface area contributed by atoms with E-state index in [1.54, 1.807) is 12.2 Å². The van der Waals surface area contributed by atoms with Gasteiger partial charge in [0.15, 0.2) is 6.10 Å². The number of hydrogen-bond donors (Lipinski definition) is 4. The average molecular weight is 821 g/mol. The maximum absolute atomic E-state index is 12.5. The number of rotatable bonds is 34. The number of hydrogen-bond acceptors (Lipinski definition) is 9. The van der Waals surface area contributed by atoms with Crippen LogP contribution < -0.4 is 0 Å². The number of esters is 2. The molecule has 0 bridgehead atoms. The highest BCUT2D eigenvalue weighted by atomic mass is 31.2. The zero-order valence-electron chi connectivity index (χ0n) is 34.7. The van der Waals surface area contributed by atoms with Crippen molar-refractivity contribution in [2.45, 2.75) is 167 Å². The molecular weight excluding hydrogens is 747 g/mol. The Morgan fingerprint density at radius 1 is 0.754 bits per heavy atom. The van der Waals surface area contributed by atoms with Crippen molar-refractivity contribution in [1.29, 1.82) is 0 Å². The number of aliphatic hydroxyl groups is 2. The third-order valence-corrected chi connectivity index (χ3v) is 10.1. The van der Waals surface area contributed by atoms with Gasteiger partial charge in [0.05, 0.1) is 18.8 Å². The summed E-state index contributed by atoms with van der Waals surface area (Å²) >= 11 is 0. The molecule has 0 unspecified atom stereocenters. The van der Waals surface area contributed by atoms with Crippen LogP contribution in [0.5, 0.6) is 0 Å². The Bertz CT molecular complexity index is 1310. The fraction of sp³-hybridized carbons (Fsp3) is 0.667. The molecule has 324 valence electrons. The second-order valence-electron chi connectivity index (χ2n) is 14.7. The summed E-state index contributed by atoms with van der Waals surface area (Å²) in [5, 5.41) is 20.6. The van der Waals surface area contributed by atoms with Crippen molar-refractivity contribution in [3.8, 4) is 0 Å². The van der Waals surface area contributed by atoms with E-state index in [9.17, 15) is 29.2 Å². The second kappa shape index (κ2) is 34.0. The quantitative estimate of drug-likeness (QED) is 0.0210. The number of unbranched alkanes of at least 4 members (excludes halogenated alkanes) is 8. The number of aliphatic hydroxyl groups excluding tert-OH is 2. The Balaban J connectivity index is 2.28. The van der Waals surface area contributed by atoms with Crippen LogP contribution in [-0.4, -0.2) is 69.2 Å². The lowest BCUT2D eigenvalue weighted by Crippen LogP contribution is -2.29. The number of carbonyl (C=O) groups excluding carboxylic acids is 3. The van der Waals surface area contributed by atoms with Gasteiger partial charge in [0.1, 0.15) is 12.4 Å². The van der Waals surface area contributed by atoms with Gasteiger partial charge in [-0.15, -0.1) is 0 Å². The highest BCUT2D eigenvalue weighted by Gasteiger charge is 2.39. The first-order chi connectivity index (χ1) is 27.5. The van der Waals surface area contributed by atoms with Crippen LogP contribution in [0, 0.1) is 11.8 Å². The maximum atomic E-state index is 12.5. The molecule has 0 radical (unpaired) electrons. The summed E-state index contributed by atoms with van der Waals surface area (Å²) in [6.07, 6.45) is 38.1. The topological polar surface area (TPSA) is 177 Å². The lowest BCUT2D eigenvalue weighted by molar-refractivity contribution is -0.161. The monoisotopic (exact) mass is 820 g/mol. The Hall–Kier alpha value is -2.92. The summed E-state index contributed by atoms with van der Waals surface area (Å²) in [4.78, 5) is 55.6. The predicted octanol–water partition coefficient (Wildman–Crippen LogP) is 9.66. The van der Waals surface area contributed by atoms with Gasteiger partial charge in [0.2, 0.25) is 0 Å². The highest BCUT2D eigenvalue weighted by molar-refractivity contribution is 7.46. The molecule has 0 aromatic heterocycles. The number of phosphoric acid groups is 1. The molecule has 1 rings (SSSR count). The zero-order valence-corrected chi connectivity index (χ0v) is 35.6. The number of ether oxygens (including phenoxy) is 2. The normalized spacial score (nSPS) is 19.1. The predicted molar refractivity (Wildman–Crippen MR) is 226 cm³/mol. The molecule has 5 atom stereocenters. The molecule has 0 aromatic rings. The maximum Gasteiger partial charge on any atom is 0.469 e. The van der Waals surface area contributed by atoms with Crippen LogP contribution >= 0.6 is 7.82 Å². The molecule has 0 aromatic carbocycles. The average Bonchev–Trinajstić information content (AvgIpc) is 3.44. The van der Waals surface area contributed by atoms with E-state index in [0.717, 1.165) is 89.9 Å². The fourth-order valence-corrected chi connectivity index (χ4v) is 6.77.